The van der Waals surface area contributed by atoms with Gasteiger partial charge in [0.1, 0.15) is 11.4 Å². The highest BCUT2D eigenvalue weighted by Crippen LogP contribution is 2.35. The molecule has 118 valence electrons. The van der Waals surface area contributed by atoms with E-state index in [0.29, 0.717) is 0 Å². The van der Waals surface area contributed by atoms with Gasteiger partial charge in [-0.1, -0.05) is 25.5 Å². The fourth-order valence-electron chi connectivity index (χ4n) is 2.65. The van der Waals surface area contributed by atoms with Crippen LogP contribution in [0.3, 0.4) is 0 Å². The van der Waals surface area contributed by atoms with Gasteiger partial charge in [-0.3, -0.25) is 0 Å². The van der Waals surface area contributed by atoms with Crippen LogP contribution in [0.4, 0.5) is 0 Å². The summed E-state index contributed by atoms with van der Waals surface area (Å²) in [6.07, 6.45) is 4.45. The van der Waals surface area contributed by atoms with E-state index in [9.17, 15) is 0 Å². The molecule has 0 saturated carbocycles. The van der Waals surface area contributed by atoms with Crippen LogP contribution in [0.15, 0.2) is 18.2 Å². The van der Waals surface area contributed by atoms with Crippen molar-refractivity contribution in [3.8, 4) is 5.75 Å². The van der Waals surface area contributed by atoms with Gasteiger partial charge in [0.15, 0.2) is 0 Å². The lowest BCUT2D eigenvalue weighted by Crippen LogP contribution is -2.24. The van der Waals surface area contributed by atoms with Crippen molar-refractivity contribution in [2.75, 3.05) is 19.8 Å². The molecule has 1 aromatic carbocycles. The minimum Gasteiger partial charge on any atom is -0.487 e. The molecular weight excluding hydrogens is 262 g/mol. The lowest BCUT2D eigenvalue weighted by Gasteiger charge is -2.16. The first kappa shape index (κ1) is 16.3. The molecule has 0 bridgehead atoms. The Morgan fingerprint density at radius 2 is 2.05 bits per heavy atom. The second-order valence-electron chi connectivity index (χ2n) is 6.48. The highest BCUT2D eigenvalue weighted by atomic mass is 16.5. The zero-order valence-electron chi connectivity index (χ0n) is 13.7. The maximum absolute atomic E-state index is 5.90. The van der Waals surface area contributed by atoms with Gasteiger partial charge in [0.25, 0.3) is 0 Å². The minimum absolute atomic E-state index is 0.0514. The summed E-state index contributed by atoms with van der Waals surface area (Å²) >= 11 is 0. The van der Waals surface area contributed by atoms with E-state index < -0.39 is 0 Å². The number of ether oxygens (including phenoxy) is 2. The molecule has 1 N–H and O–H groups in total. The molecule has 0 saturated heterocycles. The van der Waals surface area contributed by atoms with Gasteiger partial charge >= 0.3 is 0 Å². The molecule has 0 aromatic heterocycles. The predicted molar refractivity (Wildman–Crippen MR) is 86.9 cm³/mol. The van der Waals surface area contributed by atoms with E-state index in [0.717, 1.165) is 44.9 Å². The Morgan fingerprint density at radius 1 is 1.24 bits per heavy atom. The Bertz CT molecular complexity index is 443. The lowest BCUT2D eigenvalue weighted by atomic mass is 10.0. The highest BCUT2D eigenvalue weighted by Gasteiger charge is 2.29. The maximum atomic E-state index is 5.90. The minimum atomic E-state index is -0.0514. The molecule has 0 atom stereocenters. The van der Waals surface area contributed by atoms with Crippen LogP contribution in [0.5, 0.6) is 5.75 Å². The summed E-state index contributed by atoms with van der Waals surface area (Å²) in [5.74, 6) is 1.05. The van der Waals surface area contributed by atoms with E-state index in [2.05, 4.69) is 44.3 Å². The first-order valence-corrected chi connectivity index (χ1v) is 8.20. The quantitative estimate of drug-likeness (QED) is 0.704. The van der Waals surface area contributed by atoms with Gasteiger partial charge in [-0.25, -0.2) is 0 Å². The van der Waals surface area contributed by atoms with E-state index in [4.69, 9.17) is 9.47 Å². The summed E-state index contributed by atoms with van der Waals surface area (Å²) in [7, 11) is 0. The van der Waals surface area contributed by atoms with Crippen LogP contribution in [-0.4, -0.2) is 25.4 Å². The van der Waals surface area contributed by atoms with Crippen molar-refractivity contribution in [1.82, 2.24) is 5.32 Å². The van der Waals surface area contributed by atoms with Gasteiger partial charge in [-0.2, -0.15) is 0 Å². The van der Waals surface area contributed by atoms with Crippen LogP contribution < -0.4 is 10.1 Å². The van der Waals surface area contributed by atoms with Crippen molar-refractivity contribution in [3.63, 3.8) is 0 Å². The fourth-order valence-corrected chi connectivity index (χ4v) is 2.65. The molecule has 2 rings (SSSR count). The van der Waals surface area contributed by atoms with Crippen LogP contribution in [0.1, 0.15) is 51.2 Å². The van der Waals surface area contributed by atoms with Gasteiger partial charge in [-0.15, -0.1) is 0 Å². The number of benzene rings is 1. The highest BCUT2D eigenvalue weighted by molar-refractivity contribution is 5.41. The zero-order valence-corrected chi connectivity index (χ0v) is 13.7. The summed E-state index contributed by atoms with van der Waals surface area (Å²) in [5, 5.41) is 3.48. The third-order valence-electron chi connectivity index (χ3n) is 3.74. The van der Waals surface area contributed by atoms with Gasteiger partial charge in [0.05, 0.1) is 0 Å². The molecule has 3 heteroatoms. The number of nitrogens with one attached hydrogen (secondary N) is 1. The molecule has 0 amide bonds. The molecule has 3 nitrogen and oxygen atoms in total. The summed E-state index contributed by atoms with van der Waals surface area (Å²) in [6, 6.07) is 6.54. The number of hydrogen-bond donors (Lipinski definition) is 1. The van der Waals surface area contributed by atoms with Crippen LogP contribution in [0, 0.1) is 0 Å². The molecule has 0 radical (unpaired) electrons. The fraction of sp³-hybridized carbons (Fsp3) is 0.667. The first-order valence-electron chi connectivity index (χ1n) is 8.20. The van der Waals surface area contributed by atoms with Crippen LogP contribution in [0.25, 0.3) is 0 Å². The molecule has 1 aliphatic rings. The van der Waals surface area contributed by atoms with E-state index in [-0.39, 0.29) is 5.60 Å². The summed E-state index contributed by atoms with van der Waals surface area (Å²) in [6.45, 7) is 10.2. The summed E-state index contributed by atoms with van der Waals surface area (Å²) in [4.78, 5) is 0. The van der Waals surface area contributed by atoms with Crippen LogP contribution in [0.2, 0.25) is 0 Å². The Balaban J connectivity index is 1.64. The largest absolute Gasteiger partial charge is 0.487 e. The molecule has 21 heavy (non-hydrogen) atoms. The van der Waals surface area contributed by atoms with Gasteiger partial charge in [0, 0.05) is 26.2 Å². The van der Waals surface area contributed by atoms with Crippen molar-refractivity contribution < 1.29 is 9.47 Å². The van der Waals surface area contributed by atoms with Crippen molar-refractivity contribution in [2.45, 2.75) is 58.6 Å². The van der Waals surface area contributed by atoms with E-state index in [1.165, 1.54) is 24.0 Å². The summed E-state index contributed by atoms with van der Waals surface area (Å²) < 4.78 is 11.5. The Labute approximate surface area is 129 Å². The molecule has 1 heterocycles. The number of rotatable bonds is 9. The molecule has 0 spiro atoms. The van der Waals surface area contributed by atoms with Crippen molar-refractivity contribution >= 4 is 0 Å². The van der Waals surface area contributed by atoms with Gasteiger partial charge < -0.3 is 14.8 Å². The third kappa shape index (κ3) is 5.33. The number of unbranched alkanes of at least 4 members (excludes halogenated alkanes) is 1. The average Bonchev–Trinajstić information content (AvgIpc) is 2.75. The number of hydrogen-bond acceptors (Lipinski definition) is 3. The normalized spacial score (nSPS) is 15.8. The molecule has 1 aliphatic heterocycles. The topological polar surface area (TPSA) is 30.5 Å². The third-order valence-corrected chi connectivity index (χ3v) is 3.74. The molecule has 0 fully saturated rings. The number of fused-ring (bicyclic) bond motifs is 1. The Hall–Kier alpha value is -1.06. The van der Waals surface area contributed by atoms with Gasteiger partial charge in [0.2, 0.25) is 0 Å². The Kier molecular flexibility index (Phi) is 6.07. The van der Waals surface area contributed by atoms with E-state index >= 15 is 0 Å². The second-order valence-corrected chi connectivity index (χ2v) is 6.48. The van der Waals surface area contributed by atoms with Crippen LogP contribution >= 0.6 is 0 Å². The predicted octanol–water partition coefficient (Wildman–Crippen LogP) is 3.70. The Morgan fingerprint density at radius 3 is 2.86 bits per heavy atom. The smallest absolute Gasteiger partial charge is 0.123 e. The van der Waals surface area contributed by atoms with Crippen molar-refractivity contribution in [1.29, 1.82) is 0 Å². The lowest BCUT2D eigenvalue weighted by molar-refractivity contribution is 0.129. The standard InChI is InChI=1S/C18H29NO2/c1-4-5-10-20-11-6-9-19-14-15-7-8-17-16(12-15)13-18(2,3)21-17/h7-8,12,19H,4-6,9-11,13-14H2,1-3H3. The molecule has 1 aromatic rings. The molecule has 0 aliphatic carbocycles. The molecule has 0 unspecified atom stereocenters. The second kappa shape index (κ2) is 7.81. The van der Waals surface area contributed by atoms with Crippen LogP contribution in [-0.2, 0) is 17.7 Å². The molecular formula is C18H29NO2. The van der Waals surface area contributed by atoms with E-state index in [1.807, 2.05) is 0 Å². The van der Waals surface area contributed by atoms with Crippen molar-refractivity contribution in [3.05, 3.63) is 29.3 Å². The zero-order chi connectivity index (χ0) is 15.1. The average molecular weight is 291 g/mol. The van der Waals surface area contributed by atoms with E-state index in [1.54, 1.807) is 0 Å². The van der Waals surface area contributed by atoms with Gasteiger partial charge in [-0.05, 0) is 50.4 Å². The van der Waals surface area contributed by atoms with Crippen molar-refractivity contribution in [2.24, 2.45) is 0 Å². The maximum Gasteiger partial charge on any atom is 0.123 e. The monoisotopic (exact) mass is 291 g/mol. The first-order chi connectivity index (χ1) is 10.1. The SMILES string of the molecule is CCCCOCCCNCc1ccc2c(c1)CC(C)(C)O2. The summed E-state index contributed by atoms with van der Waals surface area (Å²) in [5.41, 5.74) is 2.62.